The van der Waals surface area contributed by atoms with E-state index in [2.05, 4.69) is 16.8 Å². The molecule has 0 bridgehead atoms. The number of para-hydroxylation sites is 1. The van der Waals surface area contributed by atoms with Crippen LogP contribution in [0.4, 0.5) is 5.82 Å². The lowest BCUT2D eigenvalue weighted by Crippen LogP contribution is -2.45. The topological polar surface area (TPSA) is 45.7 Å². The third kappa shape index (κ3) is 2.42. The molecule has 1 aliphatic heterocycles. The zero-order valence-corrected chi connectivity index (χ0v) is 15.5. The summed E-state index contributed by atoms with van der Waals surface area (Å²) >= 11 is 0. The molecule has 1 saturated heterocycles. The Hall–Kier alpha value is -2.92. The van der Waals surface area contributed by atoms with Crippen molar-refractivity contribution in [3.05, 3.63) is 53.6 Å². The van der Waals surface area contributed by atoms with Gasteiger partial charge in [-0.2, -0.15) is 0 Å². The van der Waals surface area contributed by atoms with Crippen LogP contribution in [0.25, 0.3) is 22.0 Å². The molecule has 5 nitrogen and oxygen atoms in total. The number of likely N-dealkylation sites (N-methyl/N-ethyl adjacent to an activating group) is 1. The number of fused-ring (bicyclic) bond motifs is 5. The number of rotatable bonds is 2. The van der Waals surface area contributed by atoms with Gasteiger partial charge in [0.2, 0.25) is 0 Å². The Morgan fingerprint density at radius 3 is 2.52 bits per heavy atom. The molecule has 5 heteroatoms. The fourth-order valence-corrected chi connectivity index (χ4v) is 4.13. The maximum Gasteiger partial charge on any atom is 0.195 e. The Morgan fingerprint density at radius 2 is 1.74 bits per heavy atom. The second-order valence-electron chi connectivity index (χ2n) is 7.23. The summed E-state index contributed by atoms with van der Waals surface area (Å²) < 4.78 is 5.35. The largest absolute Gasteiger partial charge is 0.497 e. The Balaban J connectivity index is 1.78. The number of piperazine rings is 1. The van der Waals surface area contributed by atoms with Gasteiger partial charge in [0.05, 0.1) is 12.6 Å². The molecule has 1 aliphatic carbocycles. The lowest BCUT2D eigenvalue weighted by atomic mass is 10.0. The monoisotopic (exact) mass is 359 g/mol. The van der Waals surface area contributed by atoms with Crippen LogP contribution in [0.3, 0.4) is 0 Å². The molecule has 3 aromatic rings. The first-order valence-electron chi connectivity index (χ1n) is 9.26. The molecule has 0 radical (unpaired) electrons. The van der Waals surface area contributed by atoms with Gasteiger partial charge in [0.25, 0.3) is 0 Å². The van der Waals surface area contributed by atoms with Crippen LogP contribution < -0.4 is 9.64 Å². The van der Waals surface area contributed by atoms with Gasteiger partial charge in [-0.15, -0.1) is 0 Å². The number of aromatic nitrogens is 1. The first-order valence-corrected chi connectivity index (χ1v) is 9.26. The van der Waals surface area contributed by atoms with Crippen molar-refractivity contribution in [3.8, 4) is 16.9 Å². The van der Waals surface area contributed by atoms with Crippen LogP contribution in [0.15, 0.2) is 42.5 Å². The number of ketones is 1. The summed E-state index contributed by atoms with van der Waals surface area (Å²) in [5, 5.41) is 0.922. The first-order chi connectivity index (χ1) is 13.2. The second kappa shape index (κ2) is 6.06. The molecule has 1 fully saturated rings. The molecule has 0 spiro atoms. The van der Waals surface area contributed by atoms with Crippen molar-refractivity contribution < 1.29 is 9.53 Å². The maximum absolute atomic E-state index is 13.3. The summed E-state index contributed by atoms with van der Waals surface area (Å²) in [6.07, 6.45) is 0. The van der Waals surface area contributed by atoms with Gasteiger partial charge < -0.3 is 14.5 Å². The van der Waals surface area contributed by atoms with E-state index in [0.717, 1.165) is 59.6 Å². The molecule has 0 atom stereocenters. The minimum Gasteiger partial charge on any atom is -0.497 e. The van der Waals surface area contributed by atoms with Gasteiger partial charge in [0, 0.05) is 48.3 Å². The molecule has 1 aromatic heterocycles. The number of nitrogens with zero attached hydrogens (tertiary/aromatic N) is 3. The highest BCUT2D eigenvalue weighted by atomic mass is 16.5. The molecule has 2 aliphatic rings. The number of benzene rings is 2. The number of hydrogen-bond acceptors (Lipinski definition) is 5. The van der Waals surface area contributed by atoms with Gasteiger partial charge in [-0.3, -0.25) is 4.79 Å². The molecule has 2 aromatic carbocycles. The van der Waals surface area contributed by atoms with Crippen LogP contribution >= 0.6 is 0 Å². The molecule has 27 heavy (non-hydrogen) atoms. The van der Waals surface area contributed by atoms with Crippen molar-refractivity contribution in [1.29, 1.82) is 0 Å². The van der Waals surface area contributed by atoms with Gasteiger partial charge in [0.15, 0.2) is 5.78 Å². The molecular formula is C22H21N3O2. The lowest BCUT2D eigenvalue weighted by molar-refractivity contribution is 0.104. The number of ether oxygens (including phenoxy) is 1. The summed E-state index contributed by atoms with van der Waals surface area (Å²) in [4.78, 5) is 23.0. The number of carbonyl (C=O) groups excluding carboxylic acids is 1. The maximum atomic E-state index is 13.3. The van der Waals surface area contributed by atoms with E-state index in [4.69, 9.17) is 9.72 Å². The van der Waals surface area contributed by atoms with E-state index >= 15 is 0 Å². The third-order valence-electron chi connectivity index (χ3n) is 5.64. The van der Waals surface area contributed by atoms with Crippen LogP contribution in [0.2, 0.25) is 0 Å². The molecular weight excluding hydrogens is 338 g/mol. The average molecular weight is 359 g/mol. The van der Waals surface area contributed by atoms with Gasteiger partial charge in [-0.25, -0.2) is 4.98 Å². The predicted octanol–water partition coefficient (Wildman–Crippen LogP) is 3.21. The SMILES string of the molecule is COc1ccc2c(c1)C(=O)c1c-2c(N2CCN(C)CC2)nc2ccccc12. The molecule has 136 valence electrons. The Kier molecular flexibility index (Phi) is 3.65. The highest BCUT2D eigenvalue weighted by Gasteiger charge is 2.34. The zero-order chi connectivity index (χ0) is 18.5. The Labute approximate surface area is 158 Å². The molecule has 0 N–H and O–H groups in total. The normalized spacial score (nSPS) is 16.5. The minimum absolute atomic E-state index is 0.0628. The van der Waals surface area contributed by atoms with Gasteiger partial charge in [-0.05, 0) is 36.9 Å². The van der Waals surface area contributed by atoms with E-state index in [1.165, 1.54) is 0 Å². The fraction of sp³-hybridized carbons (Fsp3) is 0.273. The summed E-state index contributed by atoms with van der Waals surface area (Å²) in [7, 11) is 3.77. The van der Waals surface area contributed by atoms with Crippen molar-refractivity contribution in [2.75, 3.05) is 45.2 Å². The van der Waals surface area contributed by atoms with E-state index in [1.54, 1.807) is 7.11 Å². The molecule has 2 heterocycles. The van der Waals surface area contributed by atoms with E-state index in [0.29, 0.717) is 11.3 Å². The quantitative estimate of drug-likeness (QED) is 0.550. The van der Waals surface area contributed by atoms with Gasteiger partial charge in [0.1, 0.15) is 11.6 Å². The molecule has 5 rings (SSSR count). The van der Waals surface area contributed by atoms with Gasteiger partial charge in [-0.1, -0.05) is 18.2 Å². The van der Waals surface area contributed by atoms with E-state index in [9.17, 15) is 4.79 Å². The number of pyridine rings is 1. The highest BCUT2D eigenvalue weighted by Crippen LogP contribution is 2.46. The zero-order valence-electron chi connectivity index (χ0n) is 15.5. The van der Waals surface area contributed by atoms with Crippen molar-refractivity contribution in [2.24, 2.45) is 0 Å². The van der Waals surface area contributed by atoms with E-state index < -0.39 is 0 Å². The van der Waals surface area contributed by atoms with Crippen LogP contribution in [0, 0.1) is 0 Å². The Morgan fingerprint density at radius 1 is 0.963 bits per heavy atom. The summed E-state index contributed by atoms with van der Waals surface area (Å²) in [6, 6.07) is 13.7. The van der Waals surface area contributed by atoms with Gasteiger partial charge >= 0.3 is 0 Å². The van der Waals surface area contributed by atoms with Crippen LogP contribution in [0.5, 0.6) is 5.75 Å². The molecule has 0 unspecified atom stereocenters. The van der Waals surface area contributed by atoms with E-state index in [-0.39, 0.29) is 5.78 Å². The first kappa shape index (κ1) is 16.3. The summed E-state index contributed by atoms with van der Waals surface area (Å²) in [5.41, 5.74) is 4.29. The van der Waals surface area contributed by atoms with Crippen LogP contribution in [-0.4, -0.2) is 56.0 Å². The second-order valence-corrected chi connectivity index (χ2v) is 7.23. The van der Waals surface area contributed by atoms with Crippen molar-refractivity contribution >= 4 is 22.5 Å². The van der Waals surface area contributed by atoms with E-state index in [1.807, 2.05) is 42.5 Å². The lowest BCUT2D eigenvalue weighted by Gasteiger charge is -2.34. The minimum atomic E-state index is 0.0628. The third-order valence-corrected chi connectivity index (χ3v) is 5.64. The van der Waals surface area contributed by atoms with Crippen molar-refractivity contribution in [1.82, 2.24) is 9.88 Å². The average Bonchev–Trinajstić information content (AvgIpc) is 3.00. The molecule has 0 saturated carbocycles. The Bertz CT molecular complexity index is 1070. The number of carbonyl (C=O) groups is 1. The van der Waals surface area contributed by atoms with Crippen molar-refractivity contribution in [3.63, 3.8) is 0 Å². The van der Waals surface area contributed by atoms with Crippen molar-refractivity contribution in [2.45, 2.75) is 0 Å². The number of hydrogen-bond donors (Lipinski definition) is 0. The number of methoxy groups -OCH3 is 1. The highest BCUT2D eigenvalue weighted by molar-refractivity contribution is 6.28. The summed E-state index contributed by atoms with van der Waals surface area (Å²) in [6.45, 7) is 3.81. The number of anilines is 1. The summed E-state index contributed by atoms with van der Waals surface area (Å²) in [5.74, 6) is 1.69. The standard InChI is InChI=1S/C22H21N3O2/c1-24-9-11-25(12-10-24)22-20-15-8-7-14(27-2)13-17(15)21(26)19(20)16-5-3-4-6-18(16)23-22/h3-8,13H,9-12H2,1-2H3. The predicted molar refractivity (Wildman–Crippen MR) is 107 cm³/mol. The van der Waals surface area contributed by atoms with Crippen LogP contribution in [0.1, 0.15) is 15.9 Å². The smallest absolute Gasteiger partial charge is 0.195 e. The molecule has 0 amide bonds. The van der Waals surface area contributed by atoms with Crippen LogP contribution in [-0.2, 0) is 0 Å². The fourth-order valence-electron chi connectivity index (χ4n) is 4.13.